The Balaban J connectivity index is 2.65. The van der Waals surface area contributed by atoms with Crippen molar-refractivity contribution in [3.05, 3.63) is 47.5 Å². The lowest BCUT2D eigenvalue weighted by atomic mass is 9.83. The summed E-state index contributed by atoms with van der Waals surface area (Å²) >= 11 is 6.22. The molecule has 100 valence electrons. The van der Waals surface area contributed by atoms with Crippen molar-refractivity contribution in [2.45, 2.75) is 27.2 Å². The zero-order valence-electron chi connectivity index (χ0n) is 11.7. The smallest absolute Gasteiger partial charge is 0.0438 e. The Kier molecular flexibility index (Phi) is 5.90. The van der Waals surface area contributed by atoms with E-state index in [-0.39, 0.29) is 5.41 Å². The molecule has 1 aromatic carbocycles. The summed E-state index contributed by atoms with van der Waals surface area (Å²) in [7, 11) is 0. The minimum absolute atomic E-state index is 0.0416. The quantitative estimate of drug-likeness (QED) is 0.724. The number of halogens is 1. The van der Waals surface area contributed by atoms with Gasteiger partial charge in [0.05, 0.1) is 0 Å². The van der Waals surface area contributed by atoms with Crippen molar-refractivity contribution in [3.8, 4) is 0 Å². The number of rotatable bonds is 7. The second-order valence-electron chi connectivity index (χ2n) is 5.65. The third-order valence-electron chi connectivity index (χ3n) is 3.13. The highest BCUT2D eigenvalue weighted by molar-refractivity contribution is 6.31. The van der Waals surface area contributed by atoms with Gasteiger partial charge in [-0.2, -0.15) is 0 Å². The van der Waals surface area contributed by atoms with E-state index in [1.165, 1.54) is 5.56 Å². The minimum atomic E-state index is 0.0416. The van der Waals surface area contributed by atoms with Gasteiger partial charge in [0.15, 0.2) is 0 Å². The van der Waals surface area contributed by atoms with Crippen LogP contribution in [-0.4, -0.2) is 13.1 Å². The van der Waals surface area contributed by atoms with Gasteiger partial charge < -0.3 is 5.32 Å². The van der Waals surface area contributed by atoms with Gasteiger partial charge in [0, 0.05) is 17.0 Å². The van der Waals surface area contributed by atoms with Gasteiger partial charge in [0.2, 0.25) is 0 Å². The van der Waals surface area contributed by atoms with Crippen LogP contribution in [0.2, 0.25) is 5.02 Å². The van der Waals surface area contributed by atoms with Gasteiger partial charge in [-0.1, -0.05) is 56.6 Å². The zero-order valence-corrected chi connectivity index (χ0v) is 12.4. The Labute approximate surface area is 116 Å². The van der Waals surface area contributed by atoms with E-state index >= 15 is 0 Å². The Morgan fingerprint density at radius 1 is 1.39 bits per heavy atom. The van der Waals surface area contributed by atoms with Crippen LogP contribution in [-0.2, 0) is 6.42 Å². The fourth-order valence-electron chi connectivity index (χ4n) is 1.93. The molecule has 0 bridgehead atoms. The van der Waals surface area contributed by atoms with E-state index in [0.717, 1.165) is 24.5 Å². The molecule has 0 heterocycles. The lowest BCUT2D eigenvalue weighted by molar-refractivity contribution is 0.378. The van der Waals surface area contributed by atoms with Crippen LogP contribution in [0, 0.1) is 11.3 Å². The predicted octanol–water partition coefficient (Wildman–Crippen LogP) is 4.32. The molecular weight excluding hydrogens is 242 g/mol. The van der Waals surface area contributed by atoms with Crippen LogP contribution in [0.4, 0.5) is 0 Å². The molecule has 2 heteroatoms. The van der Waals surface area contributed by atoms with Gasteiger partial charge in [0.1, 0.15) is 0 Å². The molecule has 1 aromatic rings. The van der Waals surface area contributed by atoms with Crippen molar-refractivity contribution in [1.82, 2.24) is 5.32 Å². The molecule has 1 nitrogen and oxygen atoms in total. The molecule has 0 aliphatic carbocycles. The molecule has 0 radical (unpaired) electrons. The first-order valence-corrected chi connectivity index (χ1v) is 6.92. The van der Waals surface area contributed by atoms with Crippen molar-refractivity contribution in [1.29, 1.82) is 0 Å². The van der Waals surface area contributed by atoms with Crippen LogP contribution >= 0.6 is 11.6 Å². The van der Waals surface area contributed by atoms with Crippen molar-refractivity contribution < 1.29 is 0 Å². The highest BCUT2D eigenvalue weighted by Crippen LogP contribution is 2.27. The summed E-state index contributed by atoms with van der Waals surface area (Å²) in [5.74, 6) is 0.666. The lowest BCUT2D eigenvalue weighted by Gasteiger charge is -2.27. The zero-order chi connectivity index (χ0) is 13.6. The van der Waals surface area contributed by atoms with Crippen LogP contribution < -0.4 is 5.32 Å². The topological polar surface area (TPSA) is 12.0 Å². The highest BCUT2D eigenvalue weighted by atomic mass is 35.5. The molecule has 1 N–H and O–H groups in total. The second kappa shape index (κ2) is 6.96. The monoisotopic (exact) mass is 265 g/mol. The van der Waals surface area contributed by atoms with Gasteiger partial charge in [0.25, 0.3) is 0 Å². The van der Waals surface area contributed by atoms with Gasteiger partial charge in [-0.3, -0.25) is 0 Å². The first kappa shape index (κ1) is 15.3. The largest absolute Gasteiger partial charge is 0.316 e. The Hall–Kier alpha value is -0.790. The van der Waals surface area contributed by atoms with E-state index in [4.69, 9.17) is 11.6 Å². The third-order valence-corrected chi connectivity index (χ3v) is 3.50. The Morgan fingerprint density at radius 3 is 2.61 bits per heavy atom. The molecular formula is C16H24ClN. The second-order valence-corrected chi connectivity index (χ2v) is 6.06. The Morgan fingerprint density at radius 2 is 2.06 bits per heavy atom. The number of nitrogens with one attached hydrogen (secondary N) is 1. The van der Waals surface area contributed by atoms with E-state index in [1.54, 1.807) is 0 Å². The number of hydrogen-bond donors (Lipinski definition) is 1. The summed E-state index contributed by atoms with van der Waals surface area (Å²) in [5.41, 5.74) is 1.23. The molecule has 0 aliphatic rings. The molecule has 0 saturated heterocycles. The molecule has 0 saturated carbocycles. The van der Waals surface area contributed by atoms with Crippen molar-refractivity contribution in [3.63, 3.8) is 0 Å². The molecule has 1 unspecified atom stereocenters. The van der Waals surface area contributed by atoms with Crippen LogP contribution in [0.3, 0.4) is 0 Å². The van der Waals surface area contributed by atoms with Crippen LogP contribution in [0.15, 0.2) is 36.9 Å². The summed E-state index contributed by atoms with van der Waals surface area (Å²) in [4.78, 5) is 0. The molecule has 1 atom stereocenters. The first-order valence-electron chi connectivity index (χ1n) is 6.54. The third kappa shape index (κ3) is 4.83. The standard InChI is InChI=1S/C16H24ClN/c1-5-16(4,12-18-11-13(2)3)10-14-8-6-7-9-15(14)17/h5-9,13,18H,1,10-12H2,2-4H3. The molecule has 0 spiro atoms. The van der Waals surface area contributed by atoms with Crippen LogP contribution in [0.25, 0.3) is 0 Å². The van der Waals surface area contributed by atoms with Crippen molar-refractivity contribution >= 4 is 11.6 Å². The number of benzene rings is 1. The molecule has 0 aliphatic heterocycles. The first-order chi connectivity index (χ1) is 8.47. The van der Waals surface area contributed by atoms with Crippen LogP contribution in [0.5, 0.6) is 0 Å². The minimum Gasteiger partial charge on any atom is -0.316 e. The summed E-state index contributed by atoms with van der Waals surface area (Å²) in [6.45, 7) is 12.6. The maximum absolute atomic E-state index is 6.22. The summed E-state index contributed by atoms with van der Waals surface area (Å²) in [6.07, 6.45) is 2.95. The van der Waals surface area contributed by atoms with Crippen LogP contribution in [0.1, 0.15) is 26.3 Å². The molecule has 18 heavy (non-hydrogen) atoms. The van der Waals surface area contributed by atoms with E-state index in [2.05, 4.69) is 38.7 Å². The predicted molar refractivity (Wildman–Crippen MR) is 81.2 cm³/mol. The fraction of sp³-hybridized carbons (Fsp3) is 0.500. The fourth-order valence-corrected chi connectivity index (χ4v) is 2.13. The van der Waals surface area contributed by atoms with E-state index in [1.807, 2.05) is 24.3 Å². The highest BCUT2D eigenvalue weighted by Gasteiger charge is 2.21. The average Bonchev–Trinajstić information content (AvgIpc) is 2.32. The van der Waals surface area contributed by atoms with Crippen molar-refractivity contribution in [2.75, 3.05) is 13.1 Å². The van der Waals surface area contributed by atoms with Gasteiger partial charge in [-0.15, -0.1) is 6.58 Å². The Bertz CT molecular complexity index is 386. The van der Waals surface area contributed by atoms with E-state index < -0.39 is 0 Å². The summed E-state index contributed by atoms with van der Waals surface area (Å²) in [5, 5.41) is 4.34. The van der Waals surface area contributed by atoms with E-state index in [9.17, 15) is 0 Å². The molecule has 0 aromatic heterocycles. The lowest BCUT2D eigenvalue weighted by Crippen LogP contribution is -2.34. The molecule has 1 rings (SSSR count). The van der Waals surface area contributed by atoms with E-state index in [0.29, 0.717) is 5.92 Å². The van der Waals surface area contributed by atoms with Gasteiger partial charge in [-0.05, 0) is 30.5 Å². The SMILES string of the molecule is C=CC(C)(CNCC(C)C)Cc1ccccc1Cl. The normalized spacial score (nSPS) is 14.5. The summed E-state index contributed by atoms with van der Waals surface area (Å²) < 4.78 is 0. The molecule has 0 fully saturated rings. The summed E-state index contributed by atoms with van der Waals surface area (Å²) in [6, 6.07) is 8.04. The average molecular weight is 266 g/mol. The maximum atomic E-state index is 6.22. The van der Waals surface area contributed by atoms with Crippen molar-refractivity contribution in [2.24, 2.45) is 11.3 Å². The maximum Gasteiger partial charge on any atom is 0.0438 e. The van der Waals surface area contributed by atoms with Gasteiger partial charge in [-0.25, -0.2) is 0 Å². The molecule has 0 amide bonds. The number of hydrogen-bond acceptors (Lipinski definition) is 1. The van der Waals surface area contributed by atoms with Gasteiger partial charge >= 0.3 is 0 Å².